The third kappa shape index (κ3) is 3.69. The van der Waals surface area contributed by atoms with Crippen LogP contribution in [0.1, 0.15) is 12.0 Å². The van der Waals surface area contributed by atoms with E-state index in [0.29, 0.717) is 18.5 Å². The molecule has 1 heterocycles. The molecule has 1 amide bonds. The van der Waals surface area contributed by atoms with E-state index in [-0.39, 0.29) is 17.5 Å². The molecule has 1 saturated heterocycles. The predicted octanol–water partition coefficient (Wildman–Crippen LogP) is 2.33. The maximum Gasteiger partial charge on any atom is 0.411 e. The van der Waals surface area contributed by atoms with Gasteiger partial charge in [0.15, 0.2) is 6.17 Å². The highest BCUT2D eigenvalue weighted by Crippen LogP contribution is 2.23. The van der Waals surface area contributed by atoms with Crippen LogP contribution in [0.25, 0.3) is 0 Å². The average Bonchev–Trinajstić information content (AvgIpc) is 2.86. The normalized spacial score (nSPS) is 21.1. The lowest BCUT2D eigenvalue weighted by atomic mass is 10.2. The lowest BCUT2D eigenvalue weighted by Crippen LogP contribution is -2.35. The molecule has 1 fully saturated rings. The highest BCUT2D eigenvalue weighted by molar-refractivity contribution is 7.81. The number of amides is 1. The lowest BCUT2D eigenvalue weighted by molar-refractivity contribution is -0.384. The van der Waals surface area contributed by atoms with Gasteiger partial charge in [0.1, 0.15) is 6.61 Å². The summed E-state index contributed by atoms with van der Waals surface area (Å²) >= 11 is 4.22. The first kappa shape index (κ1) is 15.2. The molecule has 2 atom stereocenters. The van der Waals surface area contributed by atoms with Crippen LogP contribution in [0.5, 0.6) is 0 Å². The molecular formula is C12H13N3O5S. The van der Waals surface area contributed by atoms with Crippen LogP contribution in [0.3, 0.4) is 0 Å². The molecule has 21 heavy (non-hydrogen) atoms. The van der Waals surface area contributed by atoms with Gasteiger partial charge in [-0.25, -0.2) is 4.79 Å². The van der Waals surface area contributed by atoms with Crippen molar-refractivity contribution in [3.8, 4) is 0 Å². The monoisotopic (exact) mass is 311 g/mol. The van der Waals surface area contributed by atoms with Gasteiger partial charge in [-0.1, -0.05) is 0 Å². The Morgan fingerprint density at radius 2 is 2.14 bits per heavy atom. The molecule has 1 aliphatic heterocycles. The molecule has 1 aromatic rings. The largest absolute Gasteiger partial charge is 0.444 e. The minimum atomic E-state index is -0.753. The first-order valence-corrected chi connectivity index (χ1v) is 6.70. The standard InChI is InChI=1S/C12H13N3O5S/c16-12(14-6-10(21)5-11(14)13-17)20-7-8-1-3-9(4-2-8)15(18)19/h1-4,10-11,21H,5-7H2/t10-,11?/m0/s1. The number of nitrogens with zero attached hydrogens (tertiary/aromatic N) is 3. The molecule has 0 bridgehead atoms. The number of ether oxygens (including phenoxy) is 1. The number of hydrogen-bond acceptors (Lipinski definition) is 7. The Morgan fingerprint density at radius 1 is 1.48 bits per heavy atom. The molecule has 8 nitrogen and oxygen atoms in total. The summed E-state index contributed by atoms with van der Waals surface area (Å²) in [5.41, 5.74) is 0.582. The molecule has 0 spiro atoms. The SMILES string of the molecule is O=NC1C[C@H](S)CN1C(=O)OCc1ccc([N+](=O)[O-])cc1. The minimum absolute atomic E-state index is 0.0316. The van der Waals surface area contributed by atoms with Crippen LogP contribution in [0.2, 0.25) is 0 Å². The second-order valence-corrected chi connectivity index (χ2v) is 5.34. The van der Waals surface area contributed by atoms with Crippen LogP contribution >= 0.6 is 12.6 Å². The van der Waals surface area contributed by atoms with E-state index in [4.69, 9.17) is 4.74 Å². The van der Waals surface area contributed by atoms with Crippen LogP contribution in [0.4, 0.5) is 10.5 Å². The van der Waals surface area contributed by atoms with Gasteiger partial charge in [0.05, 0.1) is 4.92 Å². The first-order chi connectivity index (χ1) is 10.0. The van der Waals surface area contributed by atoms with Crippen molar-refractivity contribution in [2.75, 3.05) is 6.54 Å². The number of nitro groups is 1. The van der Waals surface area contributed by atoms with Crippen LogP contribution in [0, 0.1) is 15.0 Å². The number of thiol groups is 1. The fourth-order valence-corrected chi connectivity index (χ4v) is 2.40. The topological polar surface area (TPSA) is 102 Å². The van der Waals surface area contributed by atoms with Crippen molar-refractivity contribution in [1.82, 2.24) is 4.90 Å². The van der Waals surface area contributed by atoms with Crippen LogP contribution in [-0.2, 0) is 11.3 Å². The molecule has 9 heteroatoms. The van der Waals surface area contributed by atoms with Crippen molar-refractivity contribution in [3.05, 3.63) is 44.9 Å². The maximum absolute atomic E-state index is 11.9. The van der Waals surface area contributed by atoms with Gasteiger partial charge in [0, 0.05) is 30.3 Å². The van der Waals surface area contributed by atoms with Crippen LogP contribution < -0.4 is 0 Å². The quantitative estimate of drug-likeness (QED) is 0.398. The molecule has 0 aliphatic carbocycles. The Bertz CT molecular complexity index is 550. The minimum Gasteiger partial charge on any atom is -0.444 e. The van der Waals surface area contributed by atoms with Gasteiger partial charge in [-0.2, -0.15) is 12.6 Å². The lowest BCUT2D eigenvalue weighted by Gasteiger charge is -2.18. The summed E-state index contributed by atoms with van der Waals surface area (Å²) in [6.07, 6.45) is -0.995. The number of hydrogen-bond donors (Lipinski definition) is 1. The number of rotatable bonds is 4. The third-order valence-corrected chi connectivity index (χ3v) is 3.49. The van der Waals surface area contributed by atoms with Crippen molar-refractivity contribution in [2.45, 2.75) is 24.4 Å². The number of non-ortho nitro benzene ring substituents is 1. The van der Waals surface area contributed by atoms with E-state index in [1.165, 1.54) is 29.2 Å². The van der Waals surface area contributed by atoms with Gasteiger partial charge in [-0.15, -0.1) is 4.91 Å². The Kier molecular flexibility index (Phi) is 4.73. The molecule has 0 N–H and O–H groups in total. The third-order valence-electron chi connectivity index (χ3n) is 3.12. The molecule has 0 radical (unpaired) electrons. The predicted molar refractivity (Wildman–Crippen MR) is 77.0 cm³/mol. The summed E-state index contributed by atoms with van der Waals surface area (Å²) < 4.78 is 5.08. The smallest absolute Gasteiger partial charge is 0.411 e. The molecule has 2 rings (SSSR count). The van der Waals surface area contributed by atoms with E-state index < -0.39 is 17.2 Å². The Balaban J connectivity index is 1.91. The van der Waals surface area contributed by atoms with Crippen molar-refractivity contribution in [3.63, 3.8) is 0 Å². The summed E-state index contributed by atoms with van der Waals surface area (Å²) in [7, 11) is 0. The molecule has 1 aliphatic rings. The summed E-state index contributed by atoms with van der Waals surface area (Å²) in [5.74, 6) is 0. The second kappa shape index (κ2) is 6.53. The first-order valence-electron chi connectivity index (χ1n) is 6.18. The van der Waals surface area contributed by atoms with Crippen molar-refractivity contribution in [1.29, 1.82) is 0 Å². The number of benzene rings is 1. The molecule has 0 saturated carbocycles. The zero-order valence-electron chi connectivity index (χ0n) is 10.9. The Morgan fingerprint density at radius 3 is 2.71 bits per heavy atom. The van der Waals surface area contributed by atoms with E-state index in [9.17, 15) is 19.8 Å². The van der Waals surface area contributed by atoms with Crippen molar-refractivity contribution < 1.29 is 14.5 Å². The van der Waals surface area contributed by atoms with Crippen molar-refractivity contribution >= 4 is 24.4 Å². The summed E-state index contributed by atoms with van der Waals surface area (Å²) in [6.45, 7) is 0.273. The zero-order chi connectivity index (χ0) is 15.4. The molecule has 1 unspecified atom stereocenters. The molecule has 1 aromatic carbocycles. The molecule has 0 aromatic heterocycles. The average molecular weight is 311 g/mol. The van der Waals surface area contributed by atoms with Crippen molar-refractivity contribution in [2.24, 2.45) is 5.18 Å². The molecule has 112 valence electrons. The number of likely N-dealkylation sites (tertiary alicyclic amines) is 1. The van der Waals surface area contributed by atoms with Gasteiger partial charge in [0.2, 0.25) is 0 Å². The Hall–Kier alpha value is -2.16. The second-order valence-electron chi connectivity index (χ2n) is 4.61. The fraction of sp³-hybridized carbons (Fsp3) is 0.417. The maximum atomic E-state index is 11.9. The highest BCUT2D eigenvalue weighted by atomic mass is 32.1. The summed E-state index contributed by atoms with van der Waals surface area (Å²) in [4.78, 5) is 33.8. The summed E-state index contributed by atoms with van der Waals surface area (Å²) in [5, 5.41) is 13.3. The van der Waals surface area contributed by atoms with Gasteiger partial charge in [-0.3, -0.25) is 15.0 Å². The number of carbonyl (C=O) groups excluding carboxylic acids is 1. The number of carbonyl (C=O) groups is 1. The zero-order valence-corrected chi connectivity index (χ0v) is 11.8. The van der Waals surface area contributed by atoms with Gasteiger partial charge >= 0.3 is 6.09 Å². The van der Waals surface area contributed by atoms with Crippen LogP contribution in [0.15, 0.2) is 29.4 Å². The molecular weight excluding hydrogens is 298 g/mol. The van der Waals surface area contributed by atoms with E-state index in [1.807, 2.05) is 0 Å². The van der Waals surface area contributed by atoms with Gasteiger partial charge < -0.3 is 4.74 Å². The Labute approximate surface area is 125 Å². The van der Waals surface area contributed by atoms with Gasteiger partial charge in [-0.05, 0) is 22.9 Å². The van der Waals surface area contributed by atoms with Gasteiger partial charge in [0.25, 0.3) is 5.69 Å². The van der Waals surface area contributed by atoms with E-state index in [2.05, 4.69) is 17.8 Å². The number of nitro benzene ring substituents is 1. The van der Waals surface area contributed by atoms with E-state index in [1.54, 1.807) is 0 Å². The highest BCUT2D eigenvalue weighted by Gasteiger charge is 2.35. The van der Waals surface area contributed by atoms with E-state index >= 15 is 0 Å². The van der Waals surface area contributed by atoms with E-state index in [0.717, 1.165) is 0 Å². The number of nitroso groups, excluding NO2 is 1. The fourth-order valence-electron chi connectivity index (χ4n) is 2.03. The van der Waals surface area contributed by atoms with Crippen LogP contribution in [-0.4, -0.2) is 33.9 Å². The summed E-state index contributed by atoms with van der Waals surface area (Å²) in [6, 6.07) is 5.68.